The van der Waals surface area contributed by atoms with Crippen LogP contribution < -0.4 is 10.5 Å². The Balaban J connectivity index is 2.05. The summed E-state index contributed by atoms with van der Waals surface area (Å²) in [6.07, 6.45) is 2.03. The third-order valence-electron chi connectivity index (χ3n) is 3.11. The van der Waals surface area contributed by atoms with Gasteiger partial charge >= 0.3 is 5.97 Å². The summed E-state index contributed by atoms with van der Waals surface area (Å²) in [6, 6.07) is 4.86. The van der Waals surface area contributed by atoms with Crippen molar-refractivity contribution in [1.29, 1.82) is 0 Å². The quantitative estimate of drug-likeness (QED) is 0.773. The lowest BCUT2D eigenvalue weighted by atomic mass is 10.1. The number of rotatable bonds is 5. The van der Waals surface area contributed by atoms with Gasteiger partial charge in [-0.05, 0) is 25.0 Å². The SMILES string of the molecule is CN(C(=O)COc1cccc(N)c1C(=O)O)C1CC1. The monoisotopic (exact) mass is 264 g/mol. The van der Waals surface area contributed by atoms with Crippen LogP contribution in [0.1, 0.15) is 23.2 Å². The summed E-state index contributed by atoms with van der Waals surface area (Å²) in [5.41, 5.74) is 5.60. The van der Waals surface area contributed by atoms with Gasteiger partial charge in [0.1, 0.15) is 11.3 Å². The highest BCUT2D eigenvalue weighted by atomic mass is 16.5. The summed E-state index contributed by atoms with van der Waals surface area (Å²) in [7, 11) is 1.72. The Labute approximate surface area is 110 Å². The van der Waals surface area contributed by atoms with E-state index in [1.54, 1.807) is 18.0 Å². The molecule has 102 valence electrons. The molecule has 1 aliphatic rings. The molecular formula is C13H16N2O4. The predicted molar refractivity (Wildman–Crippen MR) is 69.1 cm³/mol. The minimum absolute atomic E-state index is 0.107. The minimum Gasteiger partial charge on any atom is -0.483 e. The number of hydrogen-bond acceptors (Lipinski definition) is 4. The molecule has 0 spiro atoms. The number of aromatic carboxylic acids is 1. The van der Waals surface area contributed by atoms with E-state index in [1.165, 1.54) is 12.1 Å². The number of anilines is 1. The lowest BCUT2D eigenvalue weighted by Crippen LogP contribution is -2.33. The van der Waals surface area contributed by atoms with Gasteiger partial charge in [0, 0.05) is 18.8 Å². The Bertz CT molecular complexity index is 511. The molecule has 0 radical (unpaired) electrons. The van der Waals surface area contributed by atoms with E-state index in [-0.39, 0.29) is 29.5 Å². The van der Waals surface area contributed by atoms with Crippen molar-refractivity contribution in [1.82, 2.24) is 4.90 Å². The van der Waals surface area contributed by atoms with Crippen LogP contribution in [0.4, 0.5) is 5.69 Å². The van der Waals surface area contributed by atoms with Gasteiger partial charge in [0.2, 0.25) is 0 Å². The van der Waals surface area contributed by atoms with Gasteiger partial charge in [-0.15, -0.1) is 0 Å². The van der Waals surface area contributed by atoms with E-state index in [4.69, 9.17) is 15.6 Å². The van der Waals surface area contributed by atoms with Crippen molar-refractivity contribution in [3.05, 3.63) is 23.8 Å². The highest BCUT2D eigenvalue weighted by Crippen LogP contribution is 2.26. The molecule has 1 aliphatic carbocycles. The van der Waals surface area contributed by atoms with Crippen LogP contribution in [0.25, 0.3) is 0 Å². The summed E-state index contributed by atoms with van der Waals surface area (Å²) in [4.78, 5) is 24.5. The third kappa shape index (κ3) is 2.96. The van der Waals surface area contributed by atoms with E-state index in [0.29, 0.717) is 6.04 Å². The second-order valence-electron chi connectivity index (χ2n) is 4.55. The Hall–Kier alpha value is -2.24. The first-order valence-corrected chi connectivity index (χ1v) is 6.01. The molecule has 3 N–H and O–H groups in total. The lowest BCUT2D eigenvalue weighted by Gasteiger charge is -2.17. The summed E-state index contributed by atoms with van der Waals surface area (Å²) in [5.74, 6) is -1.22. The van der Waals surface area contributed by atoms with Gasteiger partial charge in [-0.1, -0.05) is 6.07 Å². The molecule has 1 aromatic rings. The molecule has 6 heteroatoms. The first-order chi connectivity index (χ1) is 9.00. The van der Waals surface area contributed by atoms with Crippen LogP contribution in [0.5, 0.6) is 5.75 Å². The molecule has 1 amide bonds. The lowest BCUT2D eigenvalue weighted by molar-refractivity contribution is -0.132. The topological polar surface area (TPSA) is 92.9 Å². The molecule has 0 aromatic heterocycles. The number of hydrogen-bond donors (Lipinski definition) is 2. The van der Waals surface area contributed by atoms with E-state index >= 15 is 0 Å². The highest BCUT2D eigenvalue weighted by Gasteiger charge is 2.29. The van der Waals surface area contributed by atoms with Crippen molar-refractivity contribution in [2.75, 3.05) is 19.4 Å². The number of benzene rings is 1. The number of carbonyl (C=O) groups is 2. The molecule has 1 saturated carbocycles. The van der Waals surface area contributed by atoms with Crippen LogP contribution in [0.3, 0.4) is 0 Å². The fourth-order valence-electron chi connectivity index (χ4n) is 1.80. The fraction of sp³-hybridized carbons (Fsp3) is 0.385. The van der Waals surface area contributed by atoms with Crippen LogP contribution >= 0.6 is 0 Å². The summed E-state index contributed by atoms with van der Waals surface area (Å²) >= 11 is 0. The molecule has 2 rings (SSSR count). The number of carbonyl (C=O) groups excluding carboxylic acids is 1. The predicted octanol–water partition coefficient (Wildman–Crippen LogP) is 0.967. The maximum atomic E-state index is 11.8. The molecule has 19 heavy (non-hydrogen) atoms. The first-order valence-electron chi connectivity index (χ1n) is 6.01. The minimum atomic E-state index is -1.17. The second-order valence-corrected chi connectivity index (χ2v) is 4.55. The Morgan fingerprint density at radius 2 is 2.16 bits per heavy atom. The van der Waals surface area contributed by atoms with Crippen molar-refractivity contribution >= 4 is 17.6 Å². The first kappa shape index (κ1) is 13.2. The van der Waals surface area contributed by atoms with Crippen molar-refractivity contribution in [2.24, 2.45) is 0 Å². The average Bonchev–Trinajstić information content (AvgIpc) is 3.18. The third-order valence-corrected chi connectivity index (χ3v) is 3.11. The number of amides is 1. The number of ether oxygens (including phenoxy) is 1. The van der Waals surface area contributed by atoms with Gasteiger partial charge in [-0.25, -0.2) is 4.79 Å². The molecule has 1 fully saturated rings. The Morgan fingerprint density at radius 3 is 2.74 bits per heavy atom. The molecule has 0 saturated heterocycles. The molecule has 1 aromatic carbocycles. The summed E-state index contributed by atoms with van der Waals surface area (Å²) in [5, 5.41) is 9.06. The van der Waals surface area contributed by atoms with E-state index in [9.17, 15) is 9.59 Å². The normalized spacial score (nSPS) is 13.9. The van der Waals surface area contributed by atoms with Crippen molar-refractivity contribution < 1.29 is 19.4 Å². The van der Waals surface area contributed by atoms with Gasteiger partial charge in [0.25, 0.3) is 5.91 Å². The van der Waals surface area contributed by atoms with Crippen molar-refractivity contribution in [2.45, 2.75) is 18.9 Å². The van der Waals surface area contributed by atoms with Gasteiger partial charge < -0.3 is 20.5 Å². The van der Waals surface area contributed by atoms with E-state index in [1.807, 2.05) is 0 Å². The molecular weight excluding hydrogens is 248 g/mol. The zero-order valence-electron chi connectivity index (χ0n) is 10.6. The van der Waals surface area contributed by atoms with Gasteiger partial charge in [0.05, 0.1) is 0 Å². The molecule has 0 atom stereocenters. The highest BCUT2D eigenvalue weighted by molar-refractivity contribution is 5.96. The second kappa shape index (κ2) is 5.17. The van der Waals surface area contributed by atoms with Crippen LogP contribution in [-0.2, 0) is 4.79 Å². The largest absolute Gasteiger partial charge is 0.483 e. The number of likely N-dealkylation sites (N-methyl/N-ethyl adjacent to an activating group) is 1. The molecule has 6 nitrogen and oxygen atoms in total. The van der Waals surface area contributed by atoms with Gasteiger partial charge in [-0.2, -0.15) is 0 Å². The fourth-order valence-corrected chi connectivity index (χ4v) is 1.80. The molecule has 0 unspecified atom stereocenters. The standard InChI is InChI=1S/C13H16N2O4/c1-15(8-5-6-8)11(16)7-19-10-4-2-3-9(14)12(10)13(17)18/h2-4,8H,5-7,14H2,1H3,(H,17,18). The maximum absolute atomic E-state index is 11.8. The zero-order valence-corrected chi connectivity index (χ0v) is 10.6. The number of nitrogen functional groups attached to an aromatic ring is 1. The van der Waals surface area contributed by atoms with E-state index in [0.717, 1.165) is 12.8 Å². The van der Waals surface area contributed by atoms with Crippen LogP contribution in [0.2, 0.25) is 0 Å². The van der Waals surface area contributed by atoms with Crippen LogP contribution in [0, 0.1) is 0 Å². The van der Waals surface area contributed by atoms with Gasteiger partial charge in [-0.3, -0.25) is 4.79 Å². The molecule has 0 bridgehead atoms. The molecule has 0 heterocycles. The van der Waals surface area contributed by atoms with Crippen LogP contribution in [-0.4, -0.2) is 41.6 Å². The van der Waals surface area contributed by atoms with E-state index in [2.05, 4.69) is 0 Å². The van der Waals surface area contributed by atoms with Crippen LogP contribution in [0.15, 0.2) is 18.2 Å². The number of carboxylic acids is 1. The maximum Gasteiger partial charge on any atom is 0.341 e. The summed E-state index contributed by atoms with van der Waals surface area (Å²) in [6.45, 7) is -0.184. The average molecular weight is 264 g/mol. The zero-order chi connectivity index (χ0) is 14.0. The van der Waals surface area contributed by atoms with E-state index < -0.39 is 5.97 Å². The molecule has 0 aliphatic heterocycles. The number of nitrogens with zero attached hydrogens (tertiary/aromatic N) is 1. The Kier molecular flexibility index (Phi) is 3.59. The van der Waals surface area contributed by atoms with Crippen molar-refractivity contribution in [3.8, 4) is 5.75 Å². The smallest absolute Gasteiger partial charge is 0.341 e. The number of carboxylic acid groups (broad SMARTS) is 1. The van der Waals surface area contributed by atoms with Crippen molar-refractivity contribution in [3.63, 3.8) is 0 Å². The number of nitrogens with two attached hydrogens (primary N) is 1. The summed E-state index contributed by atoms with van der Waals surface area (Å²) < 4.78 is 5.29. The van der Waals surface area contributed by atoms with Gasteiger partial charge in [0.15, 0.2) is 6.61 Å². The Morgan fingerprint density at radius 1 is 1.47 bits per heavy atom.